The van der Waals surface area contributed by atoms with Crippen LogP contribution in [0.1, 0.15) is 117 Å². The van der Waals surface area contributed by atoms with Gasteiger partial charge in [-0.15, -0.1) is 0 Å². The standard InChI is InChI=1S/C40H54O8/c1-35-15-13-29-25(27(35)9-11-31(35)41)7-5-23-21-37(45,17-19-39(23,29)33(43)47-3)38(46)18-20-40(34(44)48-4)24(22-38)6-8-26-28-10-12-32(42)36(28,2)16-14-30(26)40/h21-22,25-30,45-46H,5-20H2,1-4H3/t25-,26-,27-,28-,29-,30-,35-,36-,37-,38-,39+,40+/m0/s1. The zero-order valence-corrected chi connectivity index (χ0v) is 29.3. The minimum absolute atomic E-state index is 0.0412. The second-order valence-electron chi connectivity index (χ2n) is 17.8. The van der Waals surface area contributed by atoms with Gasteiger partial charge >= 0.3 is 11.9 Å². The number of ketones is 2. The number of rotatable bonds is 3. The number of Topliss-reactive ketones (excluding diaryl/α,β-unsaturated/α-hetero) is 2. The summed E-state index contributed by atoms with van der Waals surface area (Å²) >= 11 is 0. The first-order valence-electron chi connectivity index (χ1n) is 18.9. The normalized spacial score (nSPS) is 50.8. The topological polar surface area (TPSA) is 127 Å². The van der Waals surface area contributed by atoms with E-state index < -0.39 is 22.0 Å². The molecular weight excluding hydrogens is 608 g/mol. The lowest BCUT2D eigenvalue weighted by Gasteiger charge is -2.60. The van der Waals surface area contributed by atoms with Crippen molar-refractivity contribution in [3.8, 4) is 0 Å². The molecular formula is C40H54O8. The van der Waals surface area contributed by atoms with E-state index >= 15 is 0 Å². The minimum atomic E-state index is -1.60. The molecule has 262 valence electrons. The Bertz CT molecular complexity index is 1420. The Kier molecular flexibility index (Phi) is 7.26. The molecule has 0 saturated heterocycles. The summed E-state index contributed by atoms with van der Waals surface area (Å²) < 4.78 is 11.1. The summed E-state index contributed by atoms with van der Waals surface area (Å²) in [5, 5.41) is 25.1. The van der Waals surface area contributed by atoms with Crippen LogP contribution in [0.3, 0.4) is 0 Å². The molecule has 0 heterocycles. The van der Waals surface area contributed by atoms with Crippen LogP contribution >= 0.6 is 0 Å². The Morgan fingerprint density at radius 2 is 0.979 bits per heavy atom. The van der Waals surface area contributed by atoms with E-state index in [0.29, 0.717) is 50.1 Å². The Morgan fingerprint density at radius 3 is 1.35 bits per heavy atom. The fraction of sp³-hybridized carbons (Fsp3) is 0.800. The minimum Gasteiger partial charge on any atom is -0.468 e. The molecule has 0 unspecified atom stereocenters. The lowest BCUT2D eigenvalue weighted by molar-refractivity contribution is -0.176. The summed E-state index contributed by atoms with van der Waals surface area (Å²) in [6.45, 7) is 4.26. The summed E-state index contributed by atoms with van der Waals surface area (Å²) in [4.78, 5) is 53.8. The molecule has 0 radical (unpaired) electrons. The SMILES string of the molecule is COC(=O)[C@]12CC[C@@](O)([C@@]3(O)C=C4CC[C@@H]5[C@H](CC[C@]6(C)C(=O)CC[C@@H]56)[C@@]4(C(=O)OC)CC3)C=C1CC[C@@H]1[C@@H]2CC[C@]2(C)C(=O)CC[C@@H]12. The molecule has 2 N–H and O–H groups in total. The van der Waals surface area contributed by atoms with Gasteiger partial charge in [-0.2, -0.15) is 0 Å². The van der Waals surface area contributed by atoms with Gasteiger partial charge < -0.3 is 19.7 Å². The maximum Gasteiger partial charge on any atom is 0.316 e. The van der Waals surface area contributed by atoms with E-state index in [1.54, 1.807) is 0 Å². The molecule has 0 aromatic carbocycles. The Morgan fingerprint density at radius 1 is 0.583 bits per heavy atom. The average molecular weight is 663 g/mol. The lowest BCUT2D eigenvalue weighted by Crippen LogP contribution is -2.63. The molecule has 8 heteroatoms. The first kappa shape index (κ1) is 32.9. The summed E-state index contributed by atoms with van der Waals surface area (Å²) in [7, 11) is 2.89. The van der Waals surface area contributed by atoms with Crippen LogP contribution < -0.4 is 0 Å². The predicted octanol–water partition coefficient (Wildman–Crippen LogP) is 5.82. The predicted molar refractivity (Wildman–Crippen MR) is 176 cm³/mol. The largest absolute Gasteiger partial charge is 0.468 e. The van der Waals surface area contributed by atoms with Gasteiger partial charge in [0.05, 0.1) is 25.0 Å². The fourth-order valence-corrected chi connectivity index (χ4v) is 14.1. The molecule has 0 aromatic heterocycles. The van der Waals surface area contributed by atoms with Crippen LogP contribution in [0.25, 0.3) is 0 Å². The zero-order valence-electron chi connectivity index (χ0n) is 29.3. The van der Waals surface area contributed by atoms with E-state index in [9.17, 15) is 29.4 Å². The van der Waals surface area contributed by atoms with Gasteiger partial charge in [-0.25, -0.2) is 0 Å². The Hall–Kier alpha value is -2.32. The van der Waals surface area contributed by atoms with Crippen molar-refractivity contribution in [3.63, 3.8) is 0 Å². The number of carbonyl (C=O) groups excluding carboxylic acids is 4. The highest BCUT2D eigenvalue weighted by Gasteiger charge is 2.68. The van der Waals surface area contributed by atoms with Crippen molar-refractivity contribution in [1.29, 1.82) is 0 Å². The fourth-order valence-electron chi connectivity index (χ4n) is 14.1. The third-order valence-corrected chi connectivity index (χ3v) is 16.7. The van der Waals surface area contributed by atoms with E-state index in [0.717, 1.165) is 62.5 Å². The molecule has 6 fully saturated rings. The van der Waals surface area contributed by atoms with Crippen LogP contribution in [0.15, 0.2) is 23.3 Å². The number of fused-ring (bicyclic) bond motifs is 10. The second-order valence-corrected chi connectivity index (χ2v) is 17.8. The number of hydrogen-bond acceptors (Lipinski definition) is 8. The van der Waals surface area contributed by atoms with Gasteiger partial charge in [0.25, 0.3) is 0 Å². The van der Waals surface area contributed by atoms with Crippen LogP contribution in [-0.2, 0) is 28.7 Å². The van der Waals surface area contributed by atoms with Gasteiger partial charge in [0.15, 0.2) is 0 Å². The molecule has 8 aliphatic rings. The average Bonchev–Trinajstić information content (AvgIpc) is 3.57. The van der Waals surface area contributed by atoms with Gasteiger partial charge in [-0.05, 0) is 138 Å². The first-order valence-corrected chi connectivity index (χ1v) is 18.9. The molecule has 8 nitrogen and oxygen atoms in total. The van der Waals surface area contributed by atoms with E-state index in [2.05, 4.69) is 13.8 Å². The highest BCUT2D eigenvalue weighted by atomic mass is 16.5. The highest BCUT2D eigenvalue weighted by Crippen LogP contribution is 2.69. The second kappa shape index (κ2) is 10.6. The van der Waals surface area contributed by atoms with E-state index in [1.807, 2.05) is 12.2 Å². The molecule has 8 rings (SSSR count). The van der Waals surface area contributed by atoms with Crippen LogP contribution in [0, 0.1) is 57.2 Å². The lowest BCUT2D eigenvalue weighted by atomic mass is 9.44. The van der Waals surface area contributed by atoms with Crippen LogP contribution in [0.5, 0.6) is 0 Å². The van der Waals surface area contributed by atoms with Crippen molar-refractivity contribution in [2.45, 2.75) is 128 Å². The van der Waals surface area contributed by atoms with Crippen molar-refractivity contribution >= 4 is 23.5 Å². The molecule has 6 saturated carbocycles. The van der Waals surface area contributed by atoms with E-state index in [1.165, 1.54) is 14.2 Å². The summed E-state index contributed by atoms with van der Waals surface area (Å²) in [6, 6.07) is 0. The number of esters is 2. The molecule has 0 amide bonds. The summed E-state index contributed by atoms with van der Waals surface area (Å²) in [5.74, 6) is 1.32. The van der Waals surface area contributed by atoms with Gasteiger partial charge in [-0.3, -0.25) is 19.2 Å². The van der Waals surface area contributed by atoms with Crippen LogP contribution in [0.2, 0.25) is 0 Å². The molecule has 8 aliphatic carbocycles. The quantitative estimate of drug-likeness (QED) is 0.286. The van der Waals surface area contributed by atoms with Gasteiger partial charge in [0, 0.05) is 23.7 Å². The van der Waals surface area contributed by atoms with Gasteiger partial charge in [-0.1, -0.05) is 25.0 Å². The Balaban J connectivity index is 1.15. The third-order valence-electron chi connectivity index (χ3n) is 16.7. The zero-order chi connectivity index (χ0) is 34.1. The van der Waals surface area contributed by atoms with Crippen molar-refractivity contribution < 1.29 is 38.9 Å². The number of hydrogen-bond donors (Lipinski definition) is 2. The Labute approximate surface area is 284 Å². The molecule has 0 spiro atoms. The van der Waals surface area contributed by atoms with Crippen molar-refractivity contribution in [2.24, 2.45) is 57.2 Å². The maximum atomic E-state index is 13.9. The van der Waals surface area contributed by atoms with Crippen molar-refractivity contribution in [3.05, 3.63) is 23.3 Å². The van der Waals surface area contributed by atoms with Crippen molar-refractivity contribution in [2.75, 3.05) is 14.2 Å². The molecule has 0 bridgehead atoms. The summed E-state index contributed by atoms with van der Waals surface area (Å²) in [6.07, 6.45) is 13.9. The monoisotopic (exact) mass is 662 g/mol. The van der Waals surface area contributed by atoms with Gasteiger partial charge in [0.1, 0.15) is 22.8 Å². The summed E-state index contributed by atoms with van der Waals surface area (Å²) in [5.41, 5.74) is -3.82. The third kappa shape index (κ3) is 3.91. The van der Waals surface area contributed by atoms with Crippen LogP contribution in [-0.4, -0.2) is 59.1 Å². The highest BCUT2D eigenvalue weighted by molar-refractivity contribution is 5.88. The molecule has 48 heavy (non-hydrogen) atoms. The number of methoxy groups -OCH3 is 2. The van der Waals surface area contributed by atoms with Gasteiger partial charge in [0.2, 0.25) is 0 Å². The molecule has 0 aliphatic heterocycles. The van der Waals surface area contributed by atoms with E-state index in [-0.39, 0.29) is 71.1 Å². The smallest absolute Gasteiger partial charge is 0.316 e. The maximum absolute atomic E-state index is 13.9. The van der Waals surface area contributed by atoms with Crippen LogP contribution in [0.4, 0.5) is 0 Å². The number of aliphatic hydroxyl groups is 2. The van der Waals surface area contributed by atoms with E-state index in [4.69, 9.17) is 9.47 Å². The van der Waals surface area contributed by atoms with Crippen molar-refractivity contribution in [1.82, 2.24) is 0 Å². The number of carbonyl (C=O) groups is 4. The molecule has 0 aromatic rings. The molecule has 12 atom stereocenters. The first-order chi connectivity index (χ1) is 22.7. The number of ether oxygens (including phenoxy) is 2.